The number of nitrogens with zero attached hydrogens (tertiary/aromatic N) is 6. The molecule has 0 unspecified atom stereocenters. The molecule has 10 heteroatoms. The SMILES string of the molecule is CC(C)(C)OC(=O)N1CCC(Nc2ncccn2)(c2c(-c3ccc(F)cc3)nc3cnccn23)CC1. The zero-order valence-electron chi connectivity index (χ0n) is 20.5. The van der Waals surface area contributed by atoms with Crippen molar-refractivity contribution < 1.29 is 13.9 Å². The van der Waals surface area contributed by atoms with Crippen molar-refractivity contribution in [3.63, 3.8) is 0 Å². The standard InChI is InChI=1S/C26H28FN7O2/c1-25(2,3)36-24(35)33-14-9-26(10-15-33,32-23-29-11-4-12-30-23)22-21(18-5-7-19(27)8-6-18)31-20-17-28-13-16-34(20)22/h4-8,11-13,16-17H,9-10,14-15H2,1-3H3,(H,29,30,32). The summed E-state index contributed by atoms with van der Waals surface area (Å²) in [4.78, 5) is 32.4. The van der Waals surface area contributed by atoms with Crippen molar-refractivity contribution in [3.05, 3.63) is 72.8 Å². The Kier molecular flexibility index (Phi) is 6.03. The average molecular weight is 490 g/mol. The number of amides is 1. The first-order valence-corrected chi connectivity index (χ1v) is 11.9. The quantitative estimate of drug-likeness (QED) is 0.445. The summed E-state index contributed by atoms with van der Waals surface area (Å²) in [6.07, 6.45) is 9.38. The third-order valence-corrected chi connectivity index (χ3v) is 6.19. The summed E-state index contributed by atoms with van der Waals surface area (Å²) in [5.74, 6) is 0.152. The Morgan fingerprint density at radius 2 is 1.78 bits per heavy atom. The van der Waals surface area contributed by atoms with Crippen LogP contribution in [0.2, 0.25) is 0 Å². The molecule has 0 radical (unpaired) electrons. The number of benzene rings is 1. The van der Waals surface area contributed by atoms with Crippen LogP contribution >= 0.6 is 0 Å². The van der Waals surface area contributed by atoms with Crippen LogP contribution in [0, 0.1) is 5.82 Å². The number of anilines is 1. The van der Waals surface area contributed by atoms with Crippen LogP contribution in [0.5, 0.6) is 0 Å². The number of nitrogens with one attached hydrogen (secondary N) is 1. The molecule has 1 aromatic carbocycles. The van der Waals surface area contributed by atoms with Gasteiger partial charge >= 0.3 is 6.09 Å². The molecule has 36 heavy (non-hydrogen) atoms. The first-order chi connectivity index (χ1) is 17.2. The molecule has 4 heterocycles. The highest BCUT2D eigenvalue weighted by Crippen LogP contribution is 2.41. The number of imidazole rings is 1. The Morgan fingerprint density at radius 3 is 2.44 bits per heavy atom. The van der Waals surface area contributed by atoms with Gasteiger partial charge in [0.1, 0.15) is 11.4 Å². The fourth-order valence-electron chi connectivity index (χ4n) is 4.57. The molecule has 1 fully saturated rings. The second kappa shape index (κ2) is 9.18. The lowest BCUT2D eigenvalue weighted by Crippen LogP contribution is -2.50. The summed E-state index contributed by atoms with van der Waals surface area (Å²) >= 11 is 0. The summed E-state index contributed by atoms with van der Waals surface area (Å²) in [5.41, 5.74) is 1.77. The van der Waals surface area contributed by atoms with Gasteiger partial charge in [-0.3, -0.25) is 9.38 Å². The molecule has 5 rings (SSSR count). The van der Waals surface area contributed by atoms with Crippen LogP contribution in [0.15, 0.2) is 61.3 Å². The van der Waals surface area contributed by atoms with Gasteiger partial charge in [-0.2, -0.15) is 0 Å². The lowest BCUT2D eigenvalue weighted by atomic mass is 9.82. The van der Waals surface area contributed by atoms with Crippen molar-refractivity contribution in [1.82, 2.24) is 29.2 Å². The minimum Gasteiger partial charge on any atom is -0.444 e. The van der Waals surface area contributed by atoms with Crippen LogP contribution < -0.4 is 5.32 Å². The first kappa shape index (κ1) is 23.7. The minimum absolute atomic E-state index is 0.318. The summed E-state index contributed by atoms with van der Waals surface area (Å²) < 4.78 is 21.3. The number of ether oxygens (including phenoxy) is 1. The number of carbonyl (C=O) groups excluding carboxylic acids is 1. The first-order valence-electron chi connectivity index (χ1n) is 11.9. The molecule has 1 aliphatic heterocycles. The van der Waals surface area contributed by atoms with Gasteiger partial charge in [0.05, 0.1) is 23.1 Å². The molecule has 1 aliphatic rings. The Balaban J connectivity index is 1.60. The van der Waals surface area contributed by atoms with Crippen LogP contribution in [0.4, 0.5) is 15.1 Å². The van der Waals surface area contributed by atoms with E-state index in [4.69, 9.17) is 9.72 Å². The molecule has 0 aliphatic carbocycles. The second-order valence-electron chi connectivity index (χ2n) is 9.87. The number of halogens is 1. The maximum atomic E-state index is 13.7. The molecule has 0 saturated carbocycles. The Hall–Kier alpha value is -4.08. The van der Waals surface area contributed by atoms with Gasteiger partial charge in [0.2, 0.25) is 5.95 Å². The normalized spacial score (nSPS) is 15.6. The fourth-order valence-corrected chi connectivity index (χ4v) is 4.57. The topological polar surface area (TPSA) is 97.5 Å². The van der Waals surface area contributed by atoms with Crippen LogP contribution in [0.1, 0.15) is 39.3 Å². The van der Waals surface area contributed by atoms with Gasteiger partial charge in [-0.15, -0.1) is 0 Å². The van der Waals surface area contributed by atoms with Crippen molar-refractivity contribution in [3.8, 4) is 11.3 Å². The van der Waals surface area contributed by atoms with E-state index in [9.17, 15) is 9.18 Å². The van der Waals surface area contributed by atoms with E-state index in [1.807, 2.05) is 31.4 Å². The zero-order chi connectivity index (χ0) is 25.3. The Labute approximate surface area is 208 Å². The molecule has 0 atom stereocenters. The number of carbonyl (C=O) groups is 1. The van der Waals surface area contributed by atoms with Crippen LogP contribution in [0.25, 0.3) is 16.9 Å². The van der Waals surface area contributed by atoms with Crippen LogP contribution in [-0.2, 0) is 10.3 Å². The Morgan fingerprint density at radius 1 is 1.08 bits per heavy atom. The number of fused-ring (bicyclic) bond motifs is 1. The van der Waals surface area contributed by atoms with E-state index in [0.717, 1.165) is 11.3 Å². The predicted molar refractivity (Wildman–Crippen MR) is 133 cm³/mol. The van der Waals surface area contributed by atoms with E-state index in [0.29, 0.717) is 43.2 Å². The molecule has 3 aromatic heterocycles. The third-order valence-electron chi connectivity index (χ3n) is 6.19. The summed E-state index contributed by atoms with van der Waals surface area (Å²) in [5, 5.41) is 3.56. The molecular weight excluding hydrogens is 461 g/mol. The van der Waals surface area contributed by atoms with Crippen molar-refractivity contribution in [1.29, 1.82) is 0 Å². The van der Waals surface area contributed by atoms with E-state index in [1.54, 1.807) is 47.9 Å². The zero-order valence-corrected chi connectivity index (χ0v) is 20.5. The third kappa shape index (κ3) is 4.71. The molecule has 9 nitrogen and oxygen atoms in total. The fraction of sp³-hybridized carbons (Fsp3) is 0.346. The minimum atomic E-state index is -0.676. The van der Waals surface area contributed by atoms with Crippen LogP contribution in [0.3, 0.4) is 0 Å². The van der Waals surface area contributed by atoms with Gasteiger partial charge in [0, 0.05) is 43.4 Å². The highest BCUT2D eigenvalue weighted by molar-refractivity contribution is 5.70. The number of aromatic nitrogens is 5. The van der Waals surface area contributed by atoms with Crippen LogP contribution in [-0.4, -0.2) is 54.0 Å². The number of likely N-dealkylation sites (tertiary alicyclic amines) is 1. The van der Waals surface area contributed by atoms with Crippen molar-refractivity contribution in [2.75, 3.05) is 18.4 Å². The number of rotatable bonds is 4. The van der Waals surface area contributed by atoms with Crippen molar-refractivity contribution in [2.45, 2.75) is 44.8 Å². The molecule has 4 aromatic rings. The van der Waals surface area contributed by atoms with E-state index < -0.39 is 11.1 Å². The van der Waals surface area contributed by atoms with Crippen molar-refractivity contribution >= 4 is 17.7 Å². The number of piperidine rings is 1. The lowest BCUT2D eigenvalue weighted by Gasteiger charge is -2.42. The van der Waals surface area contributed by atoms with Gasteiger partial charge in [-0.05, 0) is 63.9 Å². The maximum Gasteiger partial charge on any atom is 0.410 e. The van der Waals surface area contributed by atoms with E-state index in [1.165, 1.54) is 12.1 Å². The van der Waals surface area contributed by atoms with Crippen molar-refractivity contribution in [2.24, 2.45) is 0 Å². The van der Waals surface area contributed by atoms with E-state index in [-0.39, 0.29) is 11.9 Å². The molecular formula is C26H28FN7O2. The molecule has 1 N–H and O–H groups in total. The number of hydrogen-bond donors (Lipinski definition) is 1. The monoisotopic (exact) mass is 489 g/mol. The lowest BCUT2D eigenvalue weighted by molar-refractivity contribution is 0.0173. The van der Waals surface area contributed by atoms with Gasteiger partial charge in [-0.1, -0.05) is 0 Å². The molecule has 0 bridgehead atoms. The van der Waals surface area contributed by atoms with Gasteiger partial charge < -0.3 is 15.0 Å². The molecule has 1 amide bonds. The molecule has 0 spiro atoms. The maximum absolute atomic E-state index is 13.7. The summed E-state index contributed by atoms with van der Waals surface area (Å²) in [7, 11) is 0. The number of hydrogen-bond acceptors (Lipinski definition) is 7. The van der Waals surface area contributed by atoms with E-state index >= 15 is 0 Å². The average Bonchev–Trinajstić information content (AvgIpc) is 3.25. The van der Waals surface area contributed by atoms with Gasteiger partial charge in [0.15, 0.2) is 5.65 Å². The smallest absolute Gasteiger partial charge is 0.410 e. The van der Waals surface area contributed by atoms with E-state index in [2.05, 4.69) is 20.3 Å². The summed E-state index contributed by atoms with van der Waals surface area (Å²) in [6.45, 7) is 6.48. The second-order valence-corrected chi connectivity index (χ2v) is 9.87. The largest absolute Gasteiger partial charge is 0.444 e. The molecule has 186 valence electrons. The molecule has 1 saturated heterocycles. The highest BCUT2D eigenvalue weighted by Gasteiger charge is 2.43. The highest BCUT2D eigenvalue weighted by atomic mass is 19.1. The van der Waals surface area contributed by atoms with Gasteiger partial charge in [-0.25, -0.2) is 24.1 Å². The Bertz CT molecular complexity index is 1360. The summed E-state index contributed by atoms with van der Waals surface area (Å²) in [6, 6.07) is 8.04. The van der Waals surface area contributed by atoms with Gasteiger partial charge in [0.25, 0.3) is 0 Å². The predicted octanol–water partition coefficient (Wildman–Crippen LogP) is 4.66.